The van der Waals surface area contributed by atoms with Crippen LogP contribution in [0.2, 0.25) is 0 Å². The van der Waals surface area contributed by atoms with Crippen molar-refractivity contribution >= 4 is 15.6 Å². The van der Waals surface area contributed by atoms with Crippen molar-refractivity contribution < 1.29 is 13.2 Å². The summed E-state index contributed by atoms with van der Waals surface area (Å²) in [5.41, 5.74) is 3.46. The molecule has 0 radical (unpaired) electrons. The van der Waals surface area contributed by atoms with Crippen molar-refractivity contribution in [3.8, 4) is 5.69 Å². The molecule has 1 aromatic carbocycles. The second kappa shape index (κ2) is 5.80. The monoisotopic (exact) mass is 358 g/mol. The van der Waals surface area contributed by atoms with Crippen LogP contribution in [0.15, 0.2) is 30.3 Å². The van der Waals surface area contributed by atoms with Gasteiger partial charge in [-0.15, -0.1) is 0 Å². The molecule has 2 bridgehead atoms. The number of fused-ring (bicyclic) bond motifs is 2. The molecule has 0 spiro atoms. The van der Waals surface area contributed by atoms with Crippen LogP contribution >= 0.6 is 0 Å². The topological polar surface area (TPSA) is 69.0 Å². The number of aromatic nitrogens is 2. The highest BCUT2D eigenvalue weighted by Crippen LogP contribution is 2.42. The average molecular weight is 358 g/mol. The highest BCUT2D eigenvalue weighted by atomic mass is 32.2. The average Bonchev–Trinajstić information content (AvgIpc) is 2.94. The zero-order valence-corrected chi connectivity index (χ0v) is 15.3. The van der Waals surface area contributed by atoms with Crippen molar-refractivity contribution in [2.24, 2.45) is 5.92 Å². The first-order valence-corrected chi connectivity index (χ1v) is 10.4. The van der Waals surface area contributed by atoms with E-state index in [4.69, 9.17) is 0 Å². The lowest BCUT2D eigenvalue weighted by atomic mass is 9.90. The molecule has 4 rings (SSSR count). The predicted octanol–water partition coefficient (Wildman–Crippen LogP) is 3.03. The van der Waals surface area contributed by atoms with E-state index < -0.39 is 9.84 Å². The molecule has 1 aromatic heterocycles. The van der Waals surface area contributed by atoms with Gasteiger partial charge in [0.05, 0.1) is 21.9 Å². The second-order valence-electron chi connectivity index (χ2n) is 7.33. The van der Waals surface area contributed by atoms with E-state index in [0.29, 0.717) is 31.2 Å². The van der Waals surface area contributed by atoms with Gasteiger partial charge in [0.15, 0.2) is 15.6 Å². The lowest BCUT2D eigenvalue weighted by molar-refractivity contribution is 0.0905. The Morgan fingerprint density at radius 2 is 1.80 bits per heavy atom. The minimum atomic E-state index is -3.00. The molecular weight excluding hydrogens is 336 g/mol. The number of benzene rings is 1. The van der Waals surface area contributed by atoms with E-state index in [1.54, 1.807) is 0 Å². The first-order valence-electron chi connectivity index (χ1n) is 8.77. The smallest absolute Gasteiger partial charge is 0.166 e. The number of sulfone groups is 1. The third-order valence-corrected chi connectivity index (χ3v) is 8.31. The van der Waals surface area contributed by atoms with Crippen molar-refractivity contribution in [3.63, 3.8) is 0 Å². The third kappa shape index (κ3) is 2.72. The molecule has 2 unspecified atom stereocenters. The normalized spacial score (nSPS) is 27.4. The van der Waals surface area contributed by atoms with Crippen LogP contribution in [0.3, 0.4) is 0 Å². The minimum absolute atomic E-state index is 0.0650. The van der Waals surface area contributed by atoms with Crippen LogP contribution in [0, 0.1) is 19.8 Å². The number of carbonyl (C=O) groups excluding carboxylic acids is 1. The Morgan fingerprint density at radius 1 is 1.12 bits per heavy atom. The van der Waals surface area contributed by atoms with E-state index in [0.717, 1.165) is 17.1 Å². The molecule has 2 aliphatic heterocycles. The zero-order valence-electron chi connectivity index (χ0n) is 14.5. The van der Waals surface area contributed by atoms with Gasteiger partial charge in [0.25, 0.3) is 0 Å². The summed E-state index contributed by atoms with van der Waals surface area (Å²) in [6, 6.07) is 9.49. The van der Waals surface area contributed by atoms with Crippen molar-refractivity contribution in [1.29, 1.82) is 0 Å². The van der Waals surface area contributed by atoms with Gasteiger partial charge in [-0.2, -0.15) is 5.10 Å². The summed E-state index contributed by atoms with van der Waals surface area (Å²) in [7, 11) is -3.00. The summed E-state index contributed by atoms with van der Waals surface area (Å²) < 4.78 is 26.3. The molecule has 6 heteroatoms. The molecular formula is C19H22N2O3S. The lowest BCUT2D eigenvalue weighted by Gasteiger charge is -2.27. The minimum Gasteiger partial charge on any atom is -0.294 e. The molecule has 2 atom stereocenters. The molecule has 132 valence electrons. The first-order chi connectivity index (χ1) is 11.9. The Bertz CT molecular complexity index is 925. The first kappa shape index (κ1) is 16.5. The number of aryl methyl sites for hydroxylation is 2. The van der Waals surface area contributed by atoms with Gasteiger partial charge < -0.3 is 0 Å². The van der Waals surface area contributed by atoms with Crippen molar-refractivity contribution in [2.75, 3.05) is 0 Å². The van der Waals surface area contributed by atoms with Crippen molar-refractivity contribution in [3.05, 3.63) is 47.3 Å². The number of hydrogen-bond acceptors (Lipinski definition) is 4. The maximum atomic E-state index is 13.0. The summed E-state index contributed by atoms with van der Waals surface area (Å²) in [5.74, 6) is -0.119. The molecule has 0 aliphatic carbocycles. The van der Waals surface area contributed by atoms with E-state index in [-0.39, 0.29) is 22.2 Å². The van der Waals surface area contributed by atoms with E-state index in [1.165, 1.54) is 0 Å². The summed E-state index contributed by atoms with van der Waals surface area (Å²) in [5, 5.41) is 3.83. The van der Waals surface area contributed by atoms with Crippen molar-refractivity contribution in [2.45, 2.75) is 50.0 Å². The van der Waals surface area contributed by atoms with Crippen LogP contribution in [0.4, 0.5) is 0 Å². The highest BCUT2D eigenvalue weighted by Gasteiger charge is 2.48. The van der Waals surface area contributed by atoms with Crippen LogP contribution in [0.25, 0.3) is 5.69 Å². The molecule has 0 saturated carbocycles. The lowest BCUT2D eigenvalue weighted by Crippen LogP contribution is -2.36. The van der Waals surface area contributed by atoms with E-state index >= 15 is 0 Å². The Balaban J connectivity index is 1.62. The number of rotatable bonds is 3. The van der Waals surface area contributed by atoms with Crippen LogP contribution in [-0.4, -0.2) is 34.5 Å². The van der Waals surface area contributed by atoms with Gasteiger partial charge >= 0.3 is 0 Å². The molecule has 0 N–H and O–H groups in total. The van der Waals surface area contributed by atoms with Gasteiger partial charge in [-0.05, 0) is 57.7 Å². The summed E-state index contributed by atoms with van der Waals surface area (Å²) in [4.78, 5) is 13.0. The van der Waals surface area contributed by atoms with Crippen LogP contribution < -0.4 is 0 Å². The highest BCUT2D eigenvalue weighted by molar-refractivity contribution is 7.93. The molecule has 2 fully saturated rings. The van der Waals surface area contributed by atoms with Gasteiger partial charge in [0, 0.05) is 17.2 Å². The number of carbonyl (C=O) groups is 1. The predicted molar refractivity (Wildman–Crippen MR) is 95.8 cm³/mol. The SMILES string of the molecule is Cc1cc(C)n(-c2cccc(C(=O)C3CC4CCC(C3)S4(=O)=O)c2)n1. The van der Waals surface area contributed by atoms with E-state index in [9.17, 15) is 13.2 Å². The fourth-order valence-corrected chi connectivity index (χ4v) is 6.81. The zero-order chi connectivity index (χ0) is 17.8. The largest absolute Gasteiger partial charge is 0.294 e. The maximum Gasteiger partial charge on any atom is 0.166 e. The summed E-state index contributed by atoms with van der Waals surface area (Å²) in [6.07, 6.45) is 2.37. The molecule has 0 amide bonds. The number of ketones is 1. The fourth-order valence-electron chi connectivity index (χ4n) is 4.34. The van der Waals surface area contributed by atoms with E-state index in [2.05, 4.69) is 5.10 Å². The Hall–Kier alpha value is -1.95. The molecule has 5 nitrogen and oxygen atoms in total. The van der Waals surface area contributed by atoms with E-state index in [1.807, 2.05) is 48.9 Å². The molecule has 3 heterocycles. The molecule has 2 saturated heterocycles. The molecule has 25 heavy (non-hydrogen) atoms. The van der Waals surface area contributed by atoms with Gasteiger partial charge in [-0.25, -0.2) is 13.1 Å². The number of hydrogen-bond donors (Lipinski definition) is 0. The summed E-state index contributed by atoms with van der Waals surface area (Å²) >= 11 is 0. The van der Waals surface area contributed by atoms with Crippen LogP contribution in [-0.2, 0) is 9.84 Å². The van der Waals surface area contributed by atoms with Crippen LogP contribution in [0.1, 0.15) is 47.4 Å². The number of Topliss-reactive ketones (excluding diaryl/α,β-unsaturated/α-hetero) is 1. The Kier molecular flexibility index (Phi) is 3.83. The fraction of sp³-hybridized carbons (Fsp3) is 0.474. The second-order valence-corrected chi connectivity index (χ2v) is 9.84. The molecule has 2 aliphatic rings. The van der Waals surface area contributed by atoms with Gasteiger partial charge in [0.2, 0.25) is 0 Å². The number of nitrogens with zero attached hydrogens (tertiary/aromatic N) is 2. The van der Waals surface area contributed by atoms with Gasteiger partial charge in [-0.3, -0.25) is 4.79 Å². The Morgan fingerprint density at radius 3 is 2.40 bits per heavy atom. The molecule has 2 aromatic rings. The van der Waals surface area contributed by atoms with Gasteiger partial charge in [-0.1, -0.05) is 12.1 Å². The third-order valence-electron chi connectivity index (χ3n) is 5.59. The quantitative estimate of drug-likeness (QED) is 0.791. The standard InChI is InChI=1S/C19H22N2O3S/c1-12-8-13(2)21(20-12)16-5-3-4-14(9-16)19(22)15-10-17-6-7-18(11-15)25(17,23)24/h3-5,8-9,15,17-18H,6-7,10-11H2,1-2H3. The summed E-state index contributed by atoms with van der Waals surface area (Å²) in [6.45, 7) is 3.93. The van der Waals surface area contributed by atoms with Gasteiger partial charge in [0.1, 0.15) is 0 Å². The van der Waals surface area contributed by atoms with Crippen molar-refractivity contribution in [1.82, 2.24) is 9.78 Å². The Labute approximate surface area is 148 Å². The maximum absolute atomic E-state index is 13.0. The van der Waals surface area contributed by atoms with Crippen LogP contribution in [0.5, 0.6) is 0 Å².